The predicted molar refractivity (Wildman–Crippen MR) is 104 cm³/mol. The summed E-state index contributed by atoms with van der Waals surface area (Å²) >= 11 is 0. The van der Waals surface area contributed by atoms with Gasteiger partial charge in [-0.1, -0.05) is 6.07 Å². The van der Waals surface area contributed by atoms with Crippen molar-refractivity contribution in [1.29, 1.82) is 0 Å². The average molecular weight is 396 g/mol. The number of aromatic nitrogens is 4. The second-order valence-electron chi connectivity index (χ2n) is 6.75. The molecule has 4 rings (SSSR count). The zero-order chi connectivity index (χ0) is 20.2. The van der Waals surface area contributed by atoms with Crippen molar-refractivity contribution in [3.63, 3.8) is 0 Å². The van der Waals surface area contributed by atoms with Crippen LogP contribution in [-0.4, -0.2) is 62.8 Å². The molecule has 8 nitrogen and oxygen atoms in total. The summed E-state index contributed by atoms with van der Waals surface area (Å²) in [7, 11) is 0. The van der Waals surface area contributed by atoms with Gasteiger partial charge in [0.15, 0.2) is 17.7 Å². The number of nitrogens with zero attached hydrogens (tertiary/aromatic N) is 6. The maximum atomic E-state index is 13.3. The summed E-state index contributed by atoms with van der Waals surface area (Å²) in [6.45, 7) is 4.09. The van der Waals surface area contributed by atoms with Gasteiger partial charge in [-0.15, -0.1) is 10.2 Å². The van der Waals surface area contributed by atoms with Crippen LogP contribution >= 0.6 is 0 Å². The van der Waals surface area contributed by atoms with E-state index in [1.165, 1.54) is 12.1 Å². The number of anilines is 1. The molecule has 1 saturated heterocycles. The molecule has 0 aliphatic carbocycles. The summed E-state index contributed by atoms with van der Waals surface area (Å²) in [6, 6.07) is 9.60. The lowest BCUT2D eigenvalue weighted by molar-refractivity contribution is -0.138. The summed E-state index contributed by atoms with van der Waals surface area (Å²) in [5.74, 6) is 1.30. The summed E-state index contributed by atoms with van der Waals surface area (Å²) in [4.78, 5) is 20.5. The lowest BCUT2D eigenvalue weighted by atomic mass is 10.2. The Morgan fingerprint density at radius 3 is 2.52 bits per heavy atom. The van der Waals surface area contributed by atoms with Crippen LogP contribution in [0.1, 0.15) is 6.92 Å². The van der Waals surface area contributed by atoms with Gasteiger partial charge in [0.2, 0.25) is 0 Å². The van der Waals surface area contributed by atoms with E-state index in [-0.39, 0.29) is 5.91 Å². The van der Waals surface area contributed by atoms with Gasteiger partial charge < -0.3 is 14.5 Å². The molecular weight excluding hydrogens is 375 g/mol. The molecular formula is C20H21FN6O2. The van der Waals surface area contributed by atoms with Gasteiger partial charge in [0.25, 0.3) is 5.91 Å². The molecule has 3 heterocycles. The first kappa shape index (κ1) is 18.9. The number of hydrogen-bond acceptors (Lipinski definition) is 6. The minimum atomic E-state index is -0.683. The van der Waals surface area contributed by atoms with Crippen molar-refractivity contribution in [2.24, 2.45) is 0 Å². The van der Waals surface area contributed by atoms with Gasteiger partial charge in [-0.05, 0) is 31.2 Å². The molecule has 0 saturated carbocycles. The number of benzene rings is 1. The number of amides is 1. The maximum absolute atomic E-state index is 13.3. The van der Waals surface area contributed by atoms with E-state index in [2.05, 4.69) is 20.1 Å². The molecule has 2 aromatic heterocycles. The minimum absolute atomic E-state index is 0.115. The highest BCUT2D eigenvalue weighted by Gasteiger charge is 2.26. The van der Waals surface area contributed by atoms with Crippen molar-refractivity contribution >= 4 is 11.7 Å². The van der Waals surface area contributed by atoms with E-state index in [1.807, 2.05) is 12.1 Å². The number of halogens is 1. The van der Waals surface area contributed by atoms with Crippen LogP contribution in [0.15, 0.2) is 55.1 Å². The predicted octanol–water partition coefficient (Wildman–Crippen LogP) is 1.92. The molecule has 1 aromatic carbocycles. The second kappa shape index (κ2) is 8.26. The van der Waals surface area contributed by atoms with Crippen molar-refractivity contribution in [1.82, 2.24) is 24.6 Å². The lowest BCUT2D eigenvalue weighted by Gasteiger charge is -2.36. The Labute approximate surface area is 167 Å². The first-order valence-corrected chi connectivity index (χ1v) is 9.38. The quantitative estimate of drug-likeness (QED) is 0.656. The number of imidazole rings is 1. The SMILES string of the molecule is CC(Oc1cccc(F)c1)C(=O)N1CCN(c2ccc(-n3ccnc3)nn2)CC1. The summed E-state index contributed by atoms with van der Waals surface area (Å²) in [5, 5.41) is 8.52. The molecule has 0 bridgehead atoms. The molecule has 0 N–H and O–H groups in total. The highest BCUT2D eigenvalue weighted by Crippen LogP contribution is 2.17. The van der Waals surface area contributed by atoms with Crippen molar-refractivity contribution in [3.8, 4) is 11.6 Å². The van der Waals surface area contributed by atoms with E-state index >= 15 is 0 Å². The van der Waals surface area contributed by atoms with Crippen molar-refractivity contribution in [2.45, 2.75) is 13.0 Å². The number of rotatable bonds is 5. The first-order chi connectivity index (χ1) is 14.1. The molecule has 1 unspecified atom stereocenters. The summed E-state index contributed by atoms with van der Waals surface area (Å²) in [6.07, 6.45) is 4.48. The summed E-state index contributed by atoms with van der Waals surface area (Å²) < 4.78 is 20.7. The van der Waals surface area contributed by atoms with Crippen LogP contribution in [0, 0.1) is 5.82 Å². The van der Waals surface area contributed by atoms with Gasteiger partial charge in [0, 0.05) is 44.6 Å². The molecule has 3 aromatic rings. The highest BCUT2D eigenvalue weighted by molar-refractivity contribution is 5.81. The monoisotopic (exact) mass is 396 g/mol. The third-order valence-corrected chi connectivity index (χ3v) is 4.78. The molecule has 1 atom stereocenters. The zero-order valence-electron chi connectivity index (χ0n) is 16.0. The van der Waals surface area contributed by atoms with E-state index in [9.17, 15) is 9.18 Å². The van der Waals surface area contributed by atoms with Gasteiger partial charge >= 0.3 is 0 Å². The van der Waals surface area contributed by atoms with E-state index in [4.69, 9.17) is 4.74 Å². The lowest BCUT2D eigenvalue weighted by Crippen LogP contribution is -2.52. The van der Waals surface area contributed by atoms with Crippen LogP contribution < -0.4 is 9.64 Å². The van der Waals surface area contributed by atoms with Gasteiger partial charge in [-0.2, -0.15) is 0 Å². The molecule has 1 amide bonds. The fraction of sp³-hybridized carbons (Fsp3) is 0.300. The molecule has 29 heavy (non-hydrogen) atoms. The van der Waals surface area contributed by atoms with Gasteiger partial charge in [-0.25, -0.2) is 9.37 Å². The first-order valence-electron chi connectivity index (χ1n) is 9.38. The molecule has 0 radical (unpaired) electrons. The Morgan fingerprint density at radius 1 is 1.10 bits per heavy atom. The average Bonchev–Trinajstić information content (AvgIpc) is 3.28. The van der Waals surface area contributed by atoms with Gasteiger partial charge in [0.05, 0.1) is 0 Å². The number of ether oxygens (including phenoxy) is 1. The van der Waals surface area contributed by atoms with E-state index in [0.29, 0.717) is 37.7 Å². The Bertz CT molecular complexity index is 955. The Hall–Kier alpha value is -3.49. The van der Waals surface area contributed by atoms with Crippen LogP contribution in [-0.2, 0) is 4.79 Å². The summed E-state index contributed by atoms with van der Waals surface area (Å²) in [5.41, 5.74) is 0. The molecule has 150 valence electrons. The van der Waals surface area contributed by atoms with Crippen molar-refractivity contribution in [3.05, 3.63) is 60.9 Å². The van der Waals surface area contributed by atoms with E-state index in [1.54, 1.807) is 47.2 Å². The molecule has 1 aliphatic heterocycles. The second-order valence-corrected chi connectivity index (χ2v) is 6.75. The Balaban J connectivity index is 1.32. The van der Waals surface area contributed by atoms with E-state index in [0.717, 1.165) is 5.82 Å². The molecule has 0 spiro atoms. The highest BCUT2D eigenvalue weighted by atomic mass is 19.1. The van der Waals surface area contributed by atoms with Crippen molar-refractivity contribution in [2.75, 3.05) is 31.1 Å². The number of carbonyl (C=O) groups is 1. The topological polar surface area (TPSA) is 76.4 Å². The van der Waals surface area contributed by atoms with Gasteiger partial charge in [-0.3, -0.25) is 9.36 Å². The maximum Gasteiger partial charge on any atom is 0.263 e. The third kappa shape index (κ3) is 4.34. The van der Waals surface area contributed by atoms with Crippen LogP contribution in [0.4, 0.5) is 10.2 Å². The third-order valence-electron chi connectivity index (χ3n) is 4.78. The van der Waals surface area contributed by atoms with E-state index < -0.39 is 11.9 Å². The van der Waals surface area contributed by atoms with Gasteiger partial charge in [0.1, 0.15) is 17.9 Å². The standard InChI is InChI=1S/C20H21FN6O2/c1-15(29-17-4-2-3-16(21)13-17)20(28)26-11-9-25(10-12-26)18-5-6-19(24-23-18)27-8-7-22-14-27/h2-8,13-15H,9-12H2,1H3. The van der Waals surface area contributed by atoms with Crippen molar-refractivity contribution < 1.29 is 13.9 Å². The van der Waals surface area contributed by atoms with Crippen LogP contribution in [0.3, 0.4) is 0 Å². The normalized spacial score (nSPS) is 15.2. The molecule has 1 fully saturated rings. The van der Waals surface area contributed by atoms with Crippen LogP contribution in [0.2, 0.25) is 0 Å². The smallest absolute Gasteiger partial charge is 0.263 e. The largest absolute Gasteiger partial charge is 0.481 e. The Kier molecular flexibility index (Phi) is 5.37. The fourth-order valence-corrected chi connectivity index (χ4v) is 3.23. The molecule has 9 heteroatoms. The fourth-order valence-electron chi connectivity index (χ4n) is 3.23. The number of carbonyl (C=O) groups excluding carboxylic acids is 1. The zero-order valence-corrected chi connectivity index (χ0v) is 16.0. The number of piperazine rings is 1. The minimum Gasteiger partial charge on any atom is -0.481 e. The van der Waals surface area contributed by atoms with Crippen LogP contribution in [0.5, 0.6) is 5.75 Å². The van der Waals surface area contributed by atoms with Crippen LogP contribution in [0.25, 0.3) is 5.82 Å². The number of hydrogen-bond donors (Lipinski definition) is 0. The Morgan fingerprint density at radius 2 is 1.86 bits per heavy atom. The molecule has 1 aliphatic rings.